The van der Waals surface area contributed by atoms with Crippen molar-refractivity contribution in [2.75, 3.05) is 53.0 Å². The van der Waals surface area contributed by atoms with Crippen LogP contribution in [0.4, 0.5) is 0 Å². The maximum Gasteiger partial charge on any atom is 0.225 e. The van der Waals surface area contributed by atoms with E-state index in [4.69, 9.17) is 4.74 Å². The number of halogens is 1. The van der Waals surface area contributed by atoms with Gasteiger partial charge >= 0.3 is 0 Å². The zero-order valence-corrected chi connectivity index (χ0v) is 20.9. The Bertz CT molecular complexity index is 682. The molecule has 1 amide bonds. The number of rotatable bonds is 5. The second-order valence-electron chi connectivity index (χ2n) is 8.93. The van der Waals surface area contributed by atoms with Crippen molar-refractivity contribution in [3.8, 4) is 0 Å². The van der Waals surface area contributed by atoms with E-state index in [1.807, 2.05) is 11.9 Å². The third kappa shape index (κ3) is 7.11. The summed E-state index contributed by atoms with van der Waals surface area (Å²) < 4.78 is 5.37. The van der Waals surface area contributed by atoms with Crippen LogP contribution in [0.15, 0.2) is 35.3 Å². The number of hydrogen-bond acceptors (Lipinski definition) is 3. The highest BCUT2D eigenvalue weighted by atomic mass is 127. The first-order valence-corrected chi connectivity index (χ1v) is 10.8. The molecule has 0 unspecified atom stereocenters. The summed E-state index contributed by atoms with van der Waals surface area (Å²) in [5.41, 5.74) is 1.48. The molecule has 2 aliphatic heterocycles. The minimum absolute atomic E-state index is 0. The third-order valence-electron chi connectivity index (χ3n) is 5.93. The number of benzene rings is 1. The number of amides is 1. The Kier molecular flexibility index (Phi) is 9.87. The summed E-state index contributed by atoms with van der Waals surface area (Å²) in [6.45, 7) is 9.98. The van der Waals surface area contributed by atoms with Crippen LogP contribution in [0.5, 0.6) is 0 Å². The van der Waals surface area contributed by atoms with E-state index >= 15 is 0 Å². The quantitative estimate of drug-likeness (QED) is 0.363. The highest BCUT2D eigenvalue weighted by Gasteiger charge is 2.30. The first kappa shape index (κ1) is 24.9. The highest BCUT2D eigenvalue weighted by molar-refractivity contribution is 14.0. The van der Waals surface area contributed by atoms with Gasteiger partial charge in [0, 0.05) is 45.7 Å². The minimum Gasteiger partial charge on any atom is -0.378 e. The molecule has 1 N–H and O–H groups in total. The van der Waals surface area contributed by atoms with Gasteiger partial charge in [-0.3, -0.25) is 9.79 Å². The molecule has 3 rings (SSSR count). The Balaban J connectivity index is 0.00000320. The lowest BCUT2D eigenvalue weighted by molar-refractivity contribution is -0.140. The smallest absolute Gasteiger partial charge is 0.225 e. The predicted octanol–water partition coefficient (Wildman–Crippen LogP) is 3.02. The standard InChI is InChI=1S/C23H36N4O2.HI/c1-23(2,17-19-7-5-4-6-8-19)18-25-22(24-3)27-11-9-20(10-12-27)21(28)26-13-15-29-16-14-26;/h4-8,20H,9-18H2,1-3H3,(H,24,25);1H. The molecule has 2 fully saturated rings. The SMILES string of the molecule is CN=C(NCC(C)(C)Cc1ccccc1)N1CCC(C(=O)N2CCOCC2)CC1.I. The molecule has 0 atom stereocenters. The van der Waals surface area contributed by atoms with Crippen molar-refractivity contribution in [1.29, 1.82) is 0 Å². The molecule has 1 aromatic rings. The number of hydrogen-bond donors (Lipinski definition) is 1. The topological polar surface area (TPSA) is 57.2 Å². The van der Waals surface area contributed by atoms with E-state index in [0.717, 1.165) is 57.9 Å². The molecule has 2 aliphatic rings. The van der Waals surface area contributed by atoms with Gasteiger partial charge in [0.25, 0.3) is 0 Å². The normalized spacial score (nSPS) is 18.7. The molecule has 2 heterocycles. The van der Waals surface area contributed by atoms with Crippen LogP contribution in [0.25, 0.3) is 0 Å². The number of guanidine groups is 1. The summed E-state index contributed by atoms with van der Waals surface area (Å²) >= 11 is 0. The van der Waals surface area contributed by atoms with Gasteiger partial charge in [-0.2, -0.15) is 0 Å². The zero-order valence-electron chi connectivity index (χ0n) is 18.6. The van der Waals surface area contributed by atoms with Crippen molar-refractivity contribution in [3.05, 3.63) is 35.9 Å². The second kappa shape index (κ2) is 11.9. The summed E-state index contributed by atoms with van der Waals surface area (Å²) in [6, 6.07) is 10.6. The van der Waals surface area contributed by atoms with Crippen molar-refractivity contribution in [2.24, 2.45) is 16.3 Å². The molecule has 0 aromatic heterocycles. The van der Waals surface area contributed by atoms with Gasteiger partial charge in [0.1, 0.15) is 0 Å². The van der Waals surface area contributed by atoms with Gasteiger partial charge in [0.2, 0.25) is 5.91 Å². The second-order valence-corrected chi connectivity index (χ2v) is 8.93. The van der Waals surface area contributed by atoms with Crippen LogP contribution in [0.1, 0.15) is 32.3 Å². The van der Waals surface area contributed by atoms with Gasteiger partial charge in [0.15, 0.2) is 5.96 Å². The number of nitrogens with one attached hydrogen (secondary N) is 1. The van der Waals surface area contributed by atoms with Crippen LogP contribution in [0, 0.1) is 11.3 Å². The van der Waals surface area contributed by atoms with Crippen LogP contribution in [-0.2, 0) is 16.0 Å². The number of morpholine rings is 1. The molecule has 2 saturated heterocycles. The minimum atomic E-state index is 0. The first-order chi connectivity index (χ1) is 14.0. The van der Waals surface area contributed by atoms with Crippen LogP contribution >= 0.6 is 24.0 Å². The van der Waals surface area contributed by atoms with Crippen molar-refractivity contribution < 1.29 is 9.53 Å². The molecule has 168 valence electrons. The highest BCUT2D eigenvalue weighted by Crippen LogP contribution is 2.23. The molecular formula is C23H37IN4O2. The lowest BCUT2D eigenvalue weighted by Crippen LogP contribution is -2.51. The predicted molar refractivity (Wildman–Crippen MR) is 132 cm³/mol. The Morgan fingerprint density at radius 3 is 2.33 bits per heavy atom. The van der Waals surface area contributed by atoms with Gasteiger partial charge in [0.05, 0.1) is 13.2 Å². The van der Waals surface area contributed by atoms with Crippen LogP contribution in [-0.4, -0.2) is 74.7 Å². The summed E-state index contributed by atoms with van der Waals surface area (Å²) in [7, 11) is 1.84. The van der Waals surface area contributed by atoms with Gasteiger partial charge in [-0.1, -0.05) is 44.2 Å². The summed E-state index contributed by atoms with van der Waals surface area (Å²) in [5.74, 6) is 1.39. The molecule has 30 heavy (non-hydrogen) atoms. The zero-order chi connectivity index (χ0) is 20.7. The maximum atomic E-state index is 12.7. The molecule has 0 radical (unpaired) electrons. The Labute approximate surface area is 198 Å². The molecule has 6 nitrogen and oxygen atoms in total. The Hall–Kier alpha value is -1.35. The number of ether oxygens (including phenoxy) is 1. The fraction of sp³-hybridized carbons (Fsp3) is 0.652. The number of piperidine rings is 1. The van der Waals surface area contributed by atoms with E-state index in [1.54, 1.807) is 0 Å². The molecule has 0 saturated carbocycles. The lowest BCUT2D eigenvalue weighted by atomic mass is 9.85. The maximum absolute atomic E-state index is 12.7. The van der Waals surface area contributed by atoms with E-state index in [1.165, 1.54) is 5.56 Å². The van der Waals surface area contributed by atoms with E-state index < -0.39 is 0 Å². The van der Waals surface area contributed by atoms with Crippen molar-refractivity contribution >= 4 is 35.8 Å². The number of nitrogens with zero attached hydrogens (tertiary/aromatic N) is 3. The average Bonchev–Trinajstić information content (AvgIpc) is 2.75. The average molecular weight is 528 g/mol. The number of likely N-dealkylation sites (tertiary alicyclic amines) is 1. The van der Waals surface area contributed by atoms with Gasteiger partial charge < -0.3 is 19.9 Å². The largest absolute Gasteiger partial charge is 0.378 e. The van der Waals surface area contributed by atoms with E-state index in [0.29, 0.717) is 19.1 Å². The Morgan fingerprint density at radius 2 is 1.73 bits per heavy atom. The fourth-order valence-corrected chi connectivity index (χ4v) is 4.24. The summed E-state index contributed by atoms with van der Waals surface area (Å²) in [4.78, 5) is 21.5. The number of carbonyl (C=O) groups excluding carboxylic acids is 1. The van der Waals surface area contributed by atoms with Crippen LogP contribution < -0.4 is 5.32 Å². The lowest BCUT2D eigenvalue weighted by Gasteiger charge is -2.37. The van der Waals surface area contributed by atoms with Crippen molar-refractivity contribution in [1.82, 2.24) is 15.1 Å². The Morgan fingerprint density at radius 1 is 1.10 bits per heavy atom. The number of carbonyl (C=O) groups is 1. The molecule has 7 heteroatoms. The summed E-state index contributed by atoms with van der Waals surface area (Å²) in [5, 5.41) is 3.57. The van der Waals surface area contributed by atoms with Gasteiger partial charge in [-0.25, -0.2) is 0 Å². The van der Waals surface area contributed by atoms with Crippen molar-refractivity contribution in [2.45, 2.75) is 33.1 Å². The monoisotopic (exact) mass is 528 g/mol. The molecule has 0 spiro atoms. The molecule has 0 bridgehead atoms. The van der Waals surface area contributed by atoms with Crippen LogP contribution in [0.2, 0.25) is 0 Å². The molecular weight excluding hydrogens is 491 g/mol. The van der Waals surface area contributed by atoms with Crippen molar-refractivity contribution in [3.63, 3.8) is 0 Å². The van der Waals surface area contributed by atoms with Gasteiger partial charge in [-0.05, 0) is 30.2 Å². The van der Waals surface area contributed by atoms with E-state index in [-0.39, 0.29) is 35.3 Å². The van der Waals surface area contributed by atoms with Gasteiger partial charge in [-0.15, -0.1) is 24.0 Å². The molecule has 1 aromatic carbocycles. The summed E-state index contributed by atoms with van der Waals surface area (Å²) in [6.07, 6.45) is 2.81. The van der Waals surface area contributed by atoms with E-state index in [9.17, 15) is 4.79 Å². The van der Waals surface area contributed by atoms with E-state index in [2.05, 4.69) is 59.4 Å². The third-order valence-corrected chi connectivity index (χ3v) is 5.93. The van der Waals surface area contributed by atoms with Crippen LogP contribution in [0.3, 0.4) is 0 Å². The fourth-order valence-electron chi connectivity index (χ4n) is 4.24. The molecule has 0 aliphatic carbocycles. The number of aliphatic imine (C=N–C) groups is 1. The first-order valence-electron chi connectivity index (χ1n) is 10.8.